The Balaban J connectivity index is 3.43. The van der Waals surface area contributed by atoms with Gasteiger partial charge >= 0.3 is 5.97 Å². The topological polar surface area (TPSA) is 55.8 Å². The smallest absolute Gasteiger partial charge is 0.306 e. The van der Waals surface area contributed by atoms with Gasteiger partial charge in [0.1, 0.15) is 6.10 Å². The van der Waals surface area contributed by atoms with Gasteiger partial charge in [0.2, 0.25) is 0 Å². The minimum absolute atomic E-state index is 0.174. The van der Waals surface area contributed by atoms with Crippen LogP contribution in [0.15, 0.2) is 48.6 Å². The monoisotopic (exact) mass is 743 g/mol. The van der Waals surface area contributed by atoms with Crippen LogP contribution in [0.1, 0.15) is 232 Å². The van der Waals surface area contributed by atoms with Crippen LogP contribution in [0, 0.1) is 0 Å². The van der Waals surface area contributed by atoms with Gasteiger partial charge in [-0.2, -0.15) is 0 Å². The zero-order valence-corrected chi connectivity index (χ0v) is 35.5. The Hall–Kier alpha value is -1.65. The minimum atomic E-state index is -0.539. The van der Waals surface area contributed by atoms with Gasteiger partial charge in [0.05, 0.1) is 13.2 Å². The first-order valence-electron chi connectivity index (χ1n) is 23.2. The van der Waals surface area contributed by atoms with Crippen LogP contribution in [0.3, 0.4) is 0 Å². The number of hydrogen-bond acceptors (Lipinski definition) is 4. The first-order valence-corrected chi connectivity index (χ1v) is 23.2. The van der Waals surface area contributed by atoms with Crippen LogP contribution >= 0.6 is 0 Å². The lowest BCUT2D eigenvalue weighted by atomic mass is 10.1. The van der Waals surface area contributed by atoms with E-state index in [0.717, 1.165) is 32.1 Å². The molecule has 0 amide bonds. The molecule has 0 aromatic rings. The molecule has 0 aliphatic rings. The van der Waals surface area contributed by atoms with Crippen molar-refractivity contribution in [2.24, 2.45) is 0 Å². The number of hydrogen-bond donors (Lipinski definition) is 1. The van der Waals surface area contributed by atoms with E-state index in [0.29, 0.717) is 19.6 Å². The fourth-order valence-electron chi connectivity index (χ4n) is 6.62. The molecule has 0 aromatic carbocycles. The van der Waals surface area contributed by atoms with Gasteiger partial charge in [-0.1, -0.05) is 197 Å². The Morgan fingerprint density at radius 2 is 0.792 bits per heavy atom. The van der Waals surface area contributed by atoms with E-state index in [9.17, 15) is 9.90 Å². The van der Waals surface area contributed by atoms with Crippen molar-refractivity contribution in [1.29, 1.82) is 0 Å². The standard InChI is InChI=1S/C49H90O4/c1-3-5-7-9-11-13-15-17-19-21-23-24-25-27-29-31-33-35-37-39-41-43-45-52-47-48(46-50)53-49(51)44-42-40-38-36-34-32-30-28-26-22-20-18-16-14-12-10-8-6-4-2/h12,14-15,17-18,20-21,23,48,50H,3-11,13,16,19,22,24-47H2,1-2H3/b14-12-,17-15-,20-18-,23-21-. The molecule has 1 unspecified atom stereocenters. The van der Waals surface area contributed by atoms with Crippen molar-refractivity contribution < 1.29 is 19.4 Å². The quantitative estimate of drug-likeness (QED) is 0.0384. The van der Waals surface area contributed by atoms with Gasteiger partial charge in [0, 0.05) is 13.0 Å². The zero-order valence-electron chi connectivity index (χ0n) is 35.5. The van der Waals surface area contributed by atoms with E-state index in [-0.39, 0.29) is 12.6 Å². The van der Waals surface area contributed by atoms with Crippen LogP contribution < -0.4 is 0 Å². The molecule has 0 fully saturated rings. The third kappa shape index (κ3) is 44.6. The summed E-state index contributed by atoms with van der Waals surface area (Å²) < 4.78 is 11.2. The highest BCUT2D eigenvalue weighted by Gasteiger charge is 2.13. The molecule has 0 rings (SSSR count). The molecule has 0 heterocycles. The maximum absolute atomic E-state index is 12.2. The summed E-state index contributed by atoms with van der Waals surface area (Å²) >= 11 is 0. The van der Waals surface area contributed by atoms with Crippen molar-refractivity contribution in [3.05, 3.63) is 48.6 Å². The number of carbonyl (C=O) groups is 1. The molecular weight excluding hydrogens is 653 g/mol. The Morgan fingerprint density at radius 3 is 1.21 bits per heavy atom. The lowest BCUT2D eigenvalue weighted by Gasteiger charge is -2.16. The second-order valence-corrected chi connectivity index (χ2v) is 15.5. The van der Waals surface area contributed by atoms with Crippen molar-refractivity contribution in [3.8, 4) is 0 Å². The van der Waals surface area contributed by atoms with Crippen LogP contribution in [0.5, 0.6) is 0 Å². The average Bonchev–Trinajstić information content (AvgIpc) is 3.16. The summed E-state index contributed by atoms with van der Waals surface area (Å²) in [4.78, 5) is 12.2. The van der Waals surface area contributed by atoms with Crippen LogP contribution in [-0.4, -0.2) is 37.0 Å². The van der Waals surface area contributed by atoms with E-state index < -0.39 is 6.10 Å². The Kier molecular flexibility index (Phi) is 45.1. The molecule has 0 radical (unpaired) electrons. The Morgan fingerprint density at radius 1 is 0.453 bits per heavy atom. The summed E-state index contributed by atoms with van der Waals surface area (Å²) in [6.07, 6.45) is 60.3. The normalized spacial score (nSPS) is 12.7. The molecular formula is C49H90O4. The molecule has 0 aliphatic heterocycles. The predicted molar refractivity (Wildman–Crippen MR) is 233 cm³/mol. The van der Waals surface area contributed by atoms with Crippen LogP contribution in [0.2, 0.25) is 0 Å². The molecule has 1 atom stereocenters. The number of rotatable bonds is 43. The summed E-state index contributed by atoms with van der Waals surface area (Å²) in [5.74, 6) is -0.205. The van der Waals surface area contributed by atoms with Gasteiger partial charge in [0.15, 0.2) is 0 Å². The van der Waals surface area contributed by atoms with Crippen molar-refractivity contribution in [1.82, 2.24) is 0 Å². The third-order valence-electron chi connectivity index (χ3n) is 10.1. The van der Waals surface area contributed by atoms with Crippen molar-refractivity contribution in [2.75, 3.05) is 19.8 Å². The number of aliphatic hydroxyl groups is 1. The minimum Gasteiger partial charge on any atom is -0.457 e. The van der Waals surface area contributed by atoms with E-state index in [1.807, 2.05) is 0 Å². The van der Waals surface area contributed by atoms with E-state index in [2.05, 4.69) is 62.5 Å². The summed E-state index contributed by atoms with van der Waals surface area (Å²) in [5.41, 5.74) is 0. The third-order valence-corrected chi connectivity index (χ3v) is 10.1. The first kappa shape index (κ1) is 51.4. The van der Waals surface area contributed by atoms with Crippen LogP contribution in [0.25, 0.3) is 0 Å². The summed E-state index contributed by atoms with van der Waals surface area (Å²) in [6, 6.07) is 0. The molecule has 53 heavy (non-hydrogen) atoms. The lowest BCUT2D eigenvalue weighted by Crippen LogP contribution is -2.27. The molecule has 4 heteroatoms. The summed E-state index contributed by atoms with van der Waals surface area (Å²) in [6.45, 7) is 5.32. The van der Waals surface area contributed by atoms with Gasteiger partial charge in [-0.05, 0) is 77.0 Å². The van der Waals surface area contributed by atoms with Gasteiger partial charge in [-0.25, -0.2) is 0 Å². The molecule has 1 N–H and O–H groups in total. The molecule has 0 saturated heterocycles. The summed E-state index contributed by atoms with van der Waals surface area (Å²) in [7, 11) is 0. The zero-order chi connectivity index (χ0) is 38.4. The van der Waals surface area contributed by atoms with Crippen molar-refractivity contribution >= 4 is 5.97 Å². The van der Waals surface area contributed by atoms with Crippen LogP contribution in [-0.2, 0) is 14.3 Å². The molecule has 0 aliphatic carbocycles. The molecule has 0 saturated carbocycles. The Bertz CT molecular complexity index is 828. The second kappa shape index (κ2) is 46.5. The van der Waals surface area contributed by atoms with Crippen molar-refractivity contribution in [3.63, 3.8) is 0 Å². The fourth-order valence-corrected chi connectivity index (χ4v) is 6.62. The first-order chi connectivity index (χ1) is 26.2. The largest absolute Gasteiger partial charge is 0.457 e. The molecule has 310 valence electrons. The maximum Gasteiger partial charge on any atom is 0.306 e. The number of carbonyl (C=O) groups excluding carboxylic acids is 1. The van der Waals surface area contributed by atoms with E-state index in [1.54, 1.807) is 0 Å². The predicted octanol–water partition coefficient (Wildman–Crippen LogP) is 15.4. The highest BCUT2D eigenvalue weighted by molar-refractivity contribution is 5.69. The number of allylic oxidation sites excluding steroid dienone is 8. The molecule has 0 aromatic heterocycles. The highest BCUT2D eigenvalue weighted by Crippen LogP contribution is 2.14. The number of esters is 1. The average molecular weight is 743 g/mol. The van der Waals surface area contributed by atoms with Gasteiger partial charge in [0.25, 0.3) is 0 Å². The van der Waals surface area contributed by atoms with Gasteiger partial charge in [-0.3, -0.25) is 4.79 Å². The van der Waals surface area contributed by atoms with Gasteiger partial charge < -0.3 is 14.6 Å². The van der Waals surface area contributed by atoms with E-state index in [4.69, 9.17) is 9.47 Å². The van der Waals surface area contributed by atoms with E-state index in [1.165, 1.54) is 180 Å². The second-order valence-electron chi connectivity index (χ2n) is 15.5. The van der Waals surface area contributed by atoms with E-state index >= 15 is 0 Å². The SMILES string of the molecule is CCCCC/C=C\C/C=C\CCCCCCCCCCCC(=O)OC(CO)COCCCCCCCCCCCC/C=C\C/C=C\CCCCCCC. The maximum atomic E-state index is 12.2. The highest BCUT2D eigenvalue weighted by atomic mass is 16.6. The summed E-state index contributed by atoms with van der Waals surface area (Å²) in [5, 5.41) is 9.62. The number of aliphatic hydroxyl groups excluding tert-OH is 1. The molecule has 0 spiro atoms. The van der Waals surface area contributed by atoms with Crippen LogP contribution in [0.4, 0.5) is 0 Å². The molecule has 4 nitrogen and oxygen atoms in total. The number of unbranched alkanes of at least 4 members (excludes halogenated alkanes) is 27. The number of ether oxygens (including phenoxy) is 2. The lowest BCUT2D eigenvalue weighted by molar-refractivity contribution is -0.154. The Labute approximate surface area is 331 Å². The van der Waals surface area contributed by atoms with Crippen molar-refractivity contribution in [2.45, 2.75) is 238 Å². The van der Waals surface area contributed by atoms with Gasteiger partial charge in [-0.15, -0.1) is 0 Å². The molecule has 0 bridgehead atoms. The fraction of sp³-hybridized carbons (Fsp3) is 0.816.